The van der Waals surface area contributed by atoms with Crippen molar-refractivity contribution in [1.82, 2.24) is 0 Å². The minimum absolute atomic E-state index is 0.0716. The first-order chi connectivity index (χ1) is 8.62. The van der Waals surface area contributed by atoms with E-state index in [1.54, 1.807) is 0 Å². The van der Waals surface area contributed by atoms with Gasteiger partial charge in [-0.3, -0.25) is 0 Å². The molecule has 10 heavy (non-hydrogen) atoms. The highest BCUT2D eigenvalue weighted by atomic mass is 79.9. The predicted molar refractivity (Wildman–Crippen MR) is 45.1 cm³/mol. The van der Waals surface area contributed by atoms with Gasteiger partial charge in [0.1, 0.15) is 11.5 Å². The van der Waals surface area contributed by atoms with Gasteiger partial charge in [-0.25, -0.2) is 0 Å². The van der Waals surface area contributed by atoms with Gasteiger partial charge in [-0.05, 0) is 35.2 Å². The first-order valence-corrected chi connectivity index (χ1v) is 3.22. The Labute approximate surface area is 83.6 Å². The zero-order valence-corrected chi connectivity index (χ0v) is 6.45. The van der Waals surface area contributed by atoms with Crippen LogP contribution in [0.5, 0.6) is 0 Å². The summed E-state index contributed by atoms with van der Waals surface area (Å²) in [4.78, 5) is 0. The predicted octanol–water partition coefficient (Wildman–Crippen LogP) is 3.30. The molecule has 56 valence electrons. The minimum atomic E-state index is -3.25. The maximum Gasteiger partial charge on any atom is 0.115 e. The highest BCUT2D eigenvalue weighted by Gasteiger charge is 2.01. The summed E-state index contributed by atoms with van der Waals surface area (Å²) in [5.74, 6) is -1.26. The van der Waals surface area contributed by atoms with Gasteiger partial charge < -0.3 is 4.42 Å². The normalized spacial score (nSPS) is 30.5. The van der Waals surface area contributed by atoms with Crippen LogP contribution in [0.25, 0.3) is 0 Å². The molecule has 0 spiro atoms. The van der Waals surface area contributed by atoms with E-state index >= 15 is 0 Å². The average molecular weight is 213 g/mol. The van der Waals surface area contributed by atoms with Crippen LogP contribution in [0, 0.1) is 6.85 Å². The zero-order chi connectivity index (χ0) is 16.1. The molecule has 1 heterocycles. The maximum absolute atomic E-state index is 7.67. The van der Waals surface area contributed by atoms with Crippen LogP contribution in [-0.2, 0) is 6.37 Å². The topological polar surface area (TPSA) is 13.1 Å². The van der Waals surface area contributed by atoms with Crippen LogP contribution < -0.4 is 0 Å². The summed E-state index contributed by atoms with van der Waals surface area (Å²) in [6.45, 7) is -5.91. The second-order valence-corrected chi connectivity index (χ2v) is 2.39. The Balaban J connectivity index is 3.38. The van der Waals surface area contributed by atoms with Crippen LogP contribution in [0.3, 0.4) is 0 Å². The Morgan fingerprint density at radius 2 is 2.80 bits per heavy atom. The zero-order valence-electron chi connectivity index (χ0n) is 14.9. The van der Waals surface area contributed by atoms with Crippen LogP contribution in [0.4, 0.5) is 0 Å². The number of rotatable bonds is 2. The van der Waals surface area contributed by atoms with Crippen molar-refractivity contribution in [2.45, 2.75) is 26.4 Å². The van der Waals surface area contributed by atoms with Gasteiger partial charge in [0.15, 0.2) is 0 Å². The Bertz CT molecular complexity index is 496. The summed E-state index contributed by atoms with van der Waals surface area (Å²) in [5, 5.41) is 0. The van der Waals surface area contributed by atoms with Crippen LogP contribution in [0.2, 0.25) is 0 Å². The van der Waals surface area contributed by atoms with E-state index in [9.17, 15) is 0 Å². The molecule has 0 aliphatic rings. The van der Waals surface area contributed by atoms with Crippen molar-refractivity contribution in [2.24, 2.45) is 0 Å². The van der Waals surface area contributed by atoms with Crippen molar-refractivity contribution >= 4 is 15.9 Å². The van der Waals surface area contributed by atoms with E-state index in [1.807, 2.05) is 0 Å². The molecule has 0 saturated carbocycles. The monoisotopic (exact) mass is 212 g/mol. The summed E-state index contributed by atoms with van der Waals surface area (Å²) in [6, 6.07) is 0.936. The molecule has 0 atom stereocenters. The molecule has 2 heteroatoms. The third-order valence-electron chi connectivity index (χ3n) is 0.872. The number of halogens is 1. The summed E-state index contributed by atoms with van der Waals surface area (Å²) in [7, 11) is 0. The van der Waals surface area contributed by atoms with Crippen LogP contribution >= 0.6 is 15.9 Å². The maximum atomic E-state index is 7.67. The highest BCUT2D eigenvalue weighted by Crippen LogP contribution is 2.20. The quantitative estimate of drug-likeness (QED) is 0.734. The lowest BCUT2D eigenvalue weighted by molar-refractivity contribution is 0.479. The smallest absolute Gasteiger partial charge is 0.115 e. The van der Waals surface area contributed by atoms with E-state index in [2.05, 4.69) is 15.9 Å². The van der Waals surface area contributed by atoms with Crippen LogP contribution in [0.15, 0.2) is 15.0 Å². The van der Waals surface area contributed by atoms with Crippen molar-refractivity contribution in [2.75, 3.05) is 0 Å². The number of aryl methyl sites for hydroxylation is 2. The molecule has 0 saturated heterocycles. The Morgan fingerprint density at radius 3 is 3.40 bits per heavy atom. The minimum Gasteiger partial charge on any atom is -0.465 e. The third-order valence-corrected chi connectivity index (χ3v) is 1.46. The molecule has 1 nitrogen and oxygen atoms in total. The summed E-state index contributed by atoms with van der Waals surface area (Å²) in [6.07, 6.45) is -6.27. The molecule has 1 aromatic heterocycles. The van der Waals surface area contributed by atoms with Gasteiger partial charge in [-0.15, -0.1) is 0 Å². The molecule has 0 aliphatic heterocycles. The van der Waals surface area contributed by atoms with E-state index in [4.69, 9.17) is 18.1 Å². The van der Waals surface area contributed by atoms with Gasteiger partial charge in [-0.2, -0.15) is 0 Å². The molecular formula is C8H11BrO. The molecule has 0 aromatic carbocycles. The Kier molecular flexibility index (Phi) is 0.621. The number of hydrogen-bond donors (Lipinski definition) is 0. The van der Waals surface area contributed by atoms with E-state index in [-0.39, 0.29) is 4.47 Å². The van der Waals surface area contributed by atoms with Gasteiger partial charge in [0.05, 0.1) is 4.47 Å². The number of hydrogen-bond acceptors (Lipinski definition) is 1. The fourth-order valence-electron chi connectivity index (χ4n) is 0.492. The van der Waals surface area contributed by atoms with Gasteiger partial charge in [0.2, 0.25) is 0 Å². The second kappa shape index (κ2) is 3.24. The van der Waals surface area contributed by atoms with E-state index in [1.165, 1.54) is 0 Å². The third kappa shape index (κ3) is 1.63. The molecule has 0 N–H and O–H groups in total. The van der Waals surface area contributed by atoms with Crippen molar-refractivity contribution in [3.8, 4) is 0 Å². The largest absolute Gasteiger partial charge is 0.465 e. The van der Waals surface area contributed by atoms with Gasteiger partial charge in [0, 0.05) is 20.1 Å². The summed E-state index contributed by atoms with van der Waals surface area (Å²) < 4.78 is 77.9. The van der Waals surface area contributed by atoms with Crippen molar-refractivity contribution < 1.29 is 18.1 Å². The van der Waals surface area contributed by atoms with E-state index < -0.39 is 38.0 Å². The summed E-state index contributed by atoms with van der Waals surface area (Å²) in [5.41, 5.74) is 0. The van der Waals surface area contributed by atoms with Crippen molar-refractivity contribution in [1.29, 1.82) is 0 Å². The van der Waals surface area contributed by atoms with E-state index in [0.717, 1.165) is 6.07 Å². The molecule has 0 radical (unpaired) electrons. The molecule has 1 rings (SSSR count). The molecule has 0 amide bonds. The Morgan fingerprint density at radius 1 is 1.90 bits per heavy atom. The van der Waals surface area contributed by atoms with Crippen molar-refractivity contribution in [3.63, 3.8) is 0 Å². The van der Waals surface area contributed by atoms with Gasteiger partial charge >= 0.3 is 0 Å². The lowest BCUT2D eigenvalue weighted by atomic mass is 10.3. The Hall–Kier alpha value is -0.240. The highest BCUT2D eigenvalue weighted by molar-refractivity contribution is 9.10. The first-order valence-electron chi connectivity index (χ1n) is 7.42. The lowest BCUT2D eigenvalue weighted by Crippen LogP contribution is -1.74. The van der Waals surface area contributed by atoms with Crippen LogP contribution in [0.1, 0.15) is 38.5 Å². The molecule has 1 aromatic rings. The first kappa shape index (κ1) is 1.92. The fraction of sp³-hybridized carbons (Fsp3) is 0.500. The van der Waals surface area contributed by atoms with Gasteiger partial charge in [-0.1, -0.05) is 6.85 Å². The molecule has 0 aliphatic carbocycles. The molecule has 0 unspecified atom stereocenters. The fourth-order valence-corrected chi connectivity index (χ4v) is 0.781. The standard InChI is InChI=1S/C8H11BrO/c1-3-4-7-5-8(9)6(2)10-7/h5H,3-4H2,1-2H3/i1D3,2D3,3D2,4D2. The molecule has 0 fully saturated rings. The van der Waals surface area contributed by atoms with Gasteiger partial charge in [0.25, 0.3) is 0 Å². The average Bonchev–Trinajstić information content (AvgIpc) is 2.58. The van der Waals surface area contributed by atoms with E-state index in [0.29, 0.717) is 0 Å². The summed E-state index contributed by atoms with van der Waals surface area (Å²) >= 11 is 2.88. The molecular weight excluding hydrogens is 192 g/mol. The lowest BCUT2D eigenvalue weighted by Gasteiger charge is -1.87. The SMILES string of the molecule is [2H]C([2H])([2H])c1oc(C([2H])([2H])C([2H])([2H])C([2H])([2H])[2H])cc1Br. The van der Waals surface area contributed by atoms with Crippen molar-refractivity contribution in [3.05, 3.63) is 22.1 Å². The second-order valence-electron chi connectivity index (χ2n) is 1.54. The number of furan rings is 1. The van der Waals surface area contributed by atoms with Crippen LogP contribution in [-0.4, -0.2) is 0 Å². The molecule has 0 bridgehead atoms.